The van der Waals surface area contributed by atoms with Crippen LogP contribution in [0.3, 0.4) is 0 Å². The first-order valence-corrected chi connectivity index (χ1v) is 11.4. The predicted octanol–water partition coefficient (Wildman–Crippen LogP) is 6.16. The van der Waals surface area contributed by atoms with Crippen LogP contribution in [0.1, 0.15) is 110 Å². The van der Waals surface area contributed by atoms with E-state index in [2.05, 4.69) is 15.3 Å². The molecule has 0 unspecified atom stereocenters. The molecule has 0 aliphatic heterocycles. The van der Waals surface area contributed by atoms with Crippen LogP contribution in [-0.2, 0) is 18.8 Å². The molecule has 0 atom stereocenters. The second kappa shape index (κ2) is 17.7. The van der Waals surface area contributed by atoms with E-state index in [-0.39, 0.29) is 6.61 Å². The summed E-state index contributed by atoms with van der Waals surface area (Å²) >= 11 is 0. The second-order valence-electron chi connectivity index (χ2n) is 6.70. The van der Waals surface area contributed by atoms with Crippen molar-refractivity contribution in [2.75, 3.05) is 13.7 Å². The smallest absolute Gasteiger partial charge is 0.252 e. The molecule has 0 aromatic rings. The van der Waals surface area contributed by atoms with Gasteiger partial charge in [0, 0.05) is 0 Å². The monoisotopic (exact) mass is 364 g/mol. The maximum atomic E-state index is 10.9. The summed E-state index contributed by atoms with van der Waals surface area (Å²) in [4.78, 5) is 0. The predicted molar refractivity (Wildman–Crippen MR) is 101 cm³/mol. The summed E-state index contributed by atoms with van der Waals surface area (Å²) in [6, 6.07) is 0. The summed E-state index contributed by atoms with van der Waals surface area (Å²) in [6.45, 7) is 2.50. The quantitative estimate of drug-likeness (QED) is 0.258. The van der Waals surface area contributed by atoms with Gasteiger partial charge < -0.3 is 0 Å². The zero-order valence-corrected chi connectivity index (χ0v) is 16.9. The third-order valence-electron chi connectivity index (χ3n) is 4.43. The summed E-state index contributed by atoms with van der Waals surface area (Å²) < 4.78 is 30.7. The fraction of sp³-hybridized carbons (Fsp3) is 1.00. The summed E-state index contributed by atoms with van der Waals surface area (Å²) in [5.41, 5.74) is 0. The molecule has 0 aromatic carbocycles. The van der Waals surface area contributed by atoms with Crippen LogP contribution < -0.4 is 0 Å². The van der Waals surface area contributed by atoms with E-state index in [1.807, 2.05) is 0 Å². The van der Waals surface area contributed by atoms with Gasteiger partial charge in [-0.25, -0.2) is 4.18 Å². The number of hydrogen-bond acceptors (Lipinski definition) is 4. The van der Waals surface area contributed by atoms with Crippen molar-refractivity contribution in [1.29, 1.82) is 0 Å². The van der Waals surface area contributed by atoms with Crippen LogP contribution >= 0.6 is 0 Å². The second-order valence-corrected chi connectivity index (χ2v) is 8.09. The van der Waals surface area contributed by atoms with Gasteiger partial charge >= 0.3 is 10.4 Å². The van der Waals surface area contributed by atoms with Crippen LogP contribution in [0, 0.1) is 0 Å². The van der Waals surface area contributed by atoms with Crippen LogP contribution in [-0.4, -0.2) is 22.1 Å². The Morgan fingerprint density at radius 3 is 1.25 bits per heavy atom. The zero-order chi connectivity index (χ0) is 17.9. The summed E-state index contributed by atoms with van der Waals surface area (Å²) in [5, 5.41) is 0. The van der Waals surface area contributed by atoms with Gasteiger partial charge in [-0.1, -0.05) is 103 Å². The minimum absolute atomic E-state index is 0.231. The molecule has 0 aromatic heterocycles. The van der Waals surface area contributed by atoms with Crippen LogP contribution in [0.5, 0.6) is 0 Å². The molecule has 0 rings (SSSR count). The maximum Gasteiger partial charge on any atom is 0.399 e. The SMILES string of the molecule is CCCCCCCCCCCCCCCCCCOS(=O)(=O)OC. The van der Waals surface area contributed by atoms with E-state index in [1.54, 1.807) is 0 Å². The van der Waals surface area contributed by atoms with E-state index in [4.69, 9.17) is 0 Å². The molecule has 146 valence electrons. The van der Waals surface area contributed by atoms with E-state index in [1.165, 1.54) is 83.5 Å². The van der Waals surface area contributed by atoms with Gasteiger partial charge in [0.15, 0.2) is 0 Å². The lowest BCUT2D eigenvalue weighted by Gasteiger charge is -2.04. The Kier molecular flexibility index (Phi) is 17.6. The molecule has 0 spiro atoms. The van der Waals surface area contributed by atoms with Crippen molar-refractivity contribution >= 4 is 10.4 Å². The Balaban J connectivity index is 3.08. The molecule has 4 nitrogen and oxygen atoms in total. The summed E-state index contributed by atoms with van der Waals surface area (Å²) in [5.74, 6) is 0. The molecule has 0 saturated heterocycles. The Morgan fingerprint density at radius 1 is 0.583 bits per heavy atom. The van der Waals surface area contributed by atoms with Gasteiger partial charge in [0.25, 0.3) is 0 Å². The molecule has 24 heavy (non-hydrogen) atoms. The third-order valence-corrected chi connectivity index (χ3v) is 5.29. The Bertz CT molecular complexity index is 341. The van der Waals surface area contributed by atoms with E-state index in [0.717, 1.165) is 26.4 Å². The van der Waals surface area contributed by atoms with Gasteiger partial charge in [0.1, 0.15) is 0 Å². The number of unbranched alkanes of at least 4 members (excludes halogenated alkanes) is 15. The lowest BCUT2D eigenvalue weighted by Crippen LogP contribution is -2.08. The van der Waals surface area contributed by atoms with E-state index < -0.39 is 10.4 Å². The molecule has 0 aliphatic carbocycles. The average Bonchev–Trinajstić information content (AvgIpc) is 2.57. The molecular formula is C19H40O4S. The third kappa shape index (κ3) is 18.2. The highest BCUT2D eigenvalue weighted by molar-refractivity contribution is 7.81. The average molecular weight is 365 g/mol. The zero-order valence-electron chi connectivity index (χ0n) is 16.1. The van der Waals surface area contributed by atoms with Crippen LogP contribution in [0.25, 0.3) is 0 Å². The molecule has 0 saturated carbocycles. The highest BCUT2D eigenvalue weighted by Gasteiger charge is 2.07. The van der Waals surface area contributed by atoms with Gasteiger partial charge in [-0.3, -0.25) is 4.18 Å². The first-order chi connectivity index (χ1) is 11.6. The van der Waals surface area contributed by atoms with Crippen molar-refractivity contribution in [3.63, 3.8) is 0 Å². The van der Waals surface area contributed by atoms with Crippen LogP contribution in [0.4, 0.5) is 0 Å². The molecule has 0 bridgehead atoms. The van der Waals surface area contributed by atoms with Gasteiger partial charge in [0.2, 0.25) is 0 Å². The number of hydrogen-bond donors (Lipinski definition) is 0. The lowest BCUT2D eigenvalue weighted by molar-refractivity contribution is 0.238. The van der Waals surface area contributed by atoms with Crippen molar-refractivity contribution in [1.82, 2.24) is 0 Å². The maximum absolute atomic E-state index is 10.9. The normalized spacial score (nSPS) is 11.9. The highest BCUT2D eigenvalue weighted by Crippen LogP contribution is 2.13. The lowest BCUT2D eigenvalue weighted by atomic mass is 10.0. The topological polar surface area (TPSA) is 52.6 Å². The summed E-state index contributed by atoms with van der Waals surface area (Å²) in [6.07, 6.45) is 20.8. The van der Waals surface area contributed by atoms with Gasteiger partial charge in [-0.15, -0.1) is 0 Å². The van der Waals surface area contributed by atoms with Crippen molar-refractivity contribution in [2.24, 2.45) is 0 Å². The van der Waals surface area contributed by atoms with Crippen molar-refractivity contribution in [3.05, 3.63) is 0 Å². The first-order valence-electron chi connectivity index (χ1n) is 10.1. The fourth-order valence-electron chi connectivity index (χ4n) is 2.86. The molecule has 0 heterocycles. The van der Waals surface area contributed by atoms with Gasteiger partial charge in [0.05, 0.1) is 13.7 Å². The van der Waals surface area contributed by atoms with Gasteiger partial charge in [-0.2, -0.15) is 8.42 Å². The highest BCUT2D eigenvalue weighted by atomic mass is 32.3. The Morgan fingerprint density at radius 2 is 0.917 bits per heavy atom. The Hall–Kier alpha value is -0.130. The molecule has 5 heteroatoms. The van der Waals surface area contributed by atoms with Crippen LogP contribution in [0.15, 0.2) is 0 Å². The first kappa shape index (κ1) is 23.9. The minimum Gasteiger partial charge on any atom is -0.252 e. The standard InChI is InChI=1S/C19H40O4S/c1-3-4-5-6-7-8-9-10-11-12-13-14-15-16-17-18-19-23-24(20,21)22-2/h3-19H2,1-2H3. The van der Waals surface area contributed by atoms with E-state index in [0.29, 0.717) is 0 Å². The molecule has 0 amide bonds. The number of rotatable bonds is 19. The minimum atomic E-state index is -3.74. The van der Waals surface area contributed by atoms with Crippen molar-refractivity contribution < 1.29 is 16.8 Å². The molecule has 0 fully saturated rings. The Labute approximate surface area is 151 Å². The molecular weight excluding hydrogens is 324 g/mol. The van der Waals surface area contributed by atoms with Gasteiger partial charge in [-0.05, 0) is 6.42 Å². The van der Waals surface area contributed by atoms with E-state index in [9.17, 15) is 8.42 Å². The molecule has 0 radical (unpaired) electrons. The van der Waals surface area contributed by atoms with Crippen LogP contribution in [0.2, 0.25) is 0 Å². The largest absolute Gasteiger partial charge is 0.399 e. The molecule has 0 aliphatic rings. The molecule has 0 N–H and O–H groups in total. The van der Waals surface area contributed by atoms with Crippen molar-refractivity contribution in [3.8, 4) is 0 Å². The van der Waals surface area contributed by atoms with E-state index >= 15 is 0 Å². The van der Waals surface area contributed by atoms with Crippen molar-refractivity contribution in [2.45, 2.75) is 110 Å². The fourth-order valence-corrected chi connectivity index (χ4v) is 3.28. The summed E-state index contributed by atoms with van der Waals surface area (Å²) in [7, 11) is -2.63.